The summed E-state index contributed by atoms with van der Waals surface area (Å²) < 4.78 is 17.0. The van der Waals surface area contributed by atoms with Crippen LogP contribution < -0.4 is 9.47 Å². The van der Waals surface area contributed by atoms with Crippen LogP contribution in [0.3, 0.4) is 0 Å². The highest BCUT2D eigenvalue weighted by Gasteiger charge is 2.24. The van der Waals surface area contributed by atoms with Crippen molar-refractivity contribution in [2.24, 2.45) is 0 Å². The molecule has 0 saturated carbocycles. The van der Waals surface area contributed by atoms with E-state index in [0.29, 0.717) is 19.0 Å². The first-order valence-corrected chi connectivity index (χ1v) is 11.9. The lowest BCUT2D eigenvalue weighted by Crippen LogP contribution is -2.42. The molecule has 0 radical (unpaired) electrons. The molecule has 1 N–H and O–H groups in total. The highest BCUT2D eigenvalue weighted by Crippen LogP contribution is 2.34. The molecular formula is C26H36ClNO4. The Labute approximate surface area is 197 Å². The van der Waals surface area contributed by atoms with Gasteiger partial charge in [0.1, 0.15) is 24.2 Å². The quantitative estimate of drug-likeness (QED) is 0.397. The molecule has 1 atom stereocenters. The van der Waals surface area contributed by atoms with E-state index in [1.54, 1.807) is 0 Å². The van der Waals surface area contributed by atoms with Gasteiger partial charge in [0.25, 0.3) is 0 Å². The summed E-state index contributed by atoms with van der Waals surface area (Å²) in [5.74, 6) is 2.29. The minimum Gasteiger partial charge on any atom is -0.493 e. The number of aryl methyl sites for hydroxylation is 1. The third-order valence-corrected chi connectivity index (χ3v) is 6.29. The van der Waals surface area contributed by atoms with Gasteiger partial charge in [-0.2, -0.15) is 0 Å². The van der Waals surface area contributed by atoms with Gasteiger partial charge in [-0.15, -0.1) is 11.6 Å². The van der Waals surface area contributed by atoms with Gasteiger partial charge in [0.15, 0.2) is 0 Å². The van der Waals surface area contributed by atoms with E-state index in [1.165, 1.54) is 11.1 Å². The van der Waals surface area contributed by atoms with Crippen molar-refractivity contribution in [3.05, 3.63) is 59.2 Å². The fourth-order valence-electron chi connectivity index (χ4n) is 3.90. The Balaban J connectivity index is 1.57. The first kappa shape index (κ1) is 24.8. The molecule has 0 aliphatic carbocycles. The highest BCUT2D eigenvalue weighted by atomic mass is 35.5. The number of morpholine rings is 1. The molecule has 1 heterocycles. The molecule has 6 heteroatoms. The molecular weight excluding hydrogens is 426 g/mol. The lowest BCUT2D eigenvalue weighted by atomic mass is 9.77. The van der Waals surface area contributed by atoms with Crippen LogP contribution in [0.2, 0.25) is 0 Å². The normalized spacial score (nSPS) is 16.0. The zero-order chi connectivity index (χ0) is 23.0. The van der Waals surface area contributed by atoms with Gasteiger partial charge in [-0.1, -0.05) is 38.1 Å². The molecule has 32 heavy (non-hydrogen) atoms. The molecule has 0 amide bonds. The minimum absolute atomic E-state index is 0.159. The van der Waals surface area contributed by atoms with Crippen LogP contribution in [0.15, 0.2) is 42.5 Å². The second-order valence-electron chi connectivity index (χ2n) is 8.90. The third-order valence-electron chi connectivity index (χ3n) is 6.02. The molecule has 0 spiro atoms. The maximum absolute atomic E-state index is 10.3. The van der Waals surface area contributed by atoms with Crippen LogP contribution in [0.25, 0.3) is 0 Å². The number of hydrogen-bond donors (Lipinski definition) is 1. The molecule has 0 unspecified atom stereocenters. The van der Waals surface area contributed by atoms with Gasteiger partial charge in [0.05, 0.1) is 19.8 Å². The lowest BCUT2D eigenvalue weighted by molar-refractivity contribution is 0.00465. The van der Waals surface area contributed by atoms with Crippen LogP contribution in [-0.2, 0) is 10.2 Å². The summed E-state index contributed by atoms with van der Waals surface area (Å²) in [7, 11) is 0. The first-order valence-electron chi connectivity index (χ1n) is 11.4. The molecule has 3 rings (SSSR count). The number of aliphatic hydroxyl groups is 1. The Morgan fingerprint density at radius 1 is 1.06 bits per heavy atom. The van der Waals surface area contributed by atoms with Crippen molar-refractivity contribution in [2.75, 3.05) is 51.9 Å². The van der Waals surface area contributed by atoms with E-state index in [9.17, 15) is 5.11 Å². The van der Waals surface area contributed by atoms with Gasteiger partial charge in [-0.05, 0) is 48.2 Å². The number of aliphatic hydroxyl groups excluding tert-OH is 1. The van der Waals surface area contributed by atoms with Crippen molar-refractivity contribution >= 4 is 11.6 Å². The monoisotopic (exact) mass is 461 g/mol. The molecule has 2 aromatic rings. The van der Waals surface area contributed by atoms with Crippen LogP contribution in [0.5, 0.6) is 11.5 Å². The van der Waals surface area contributed by atoms with Crippen molar-refractivity contribution in [2.45, 2.75) is 38.7 Å². The molecule has 1 saturated heterocycles. The average molecular weight is 462 g/mol. The van der Waals surface area contributed by atoms with E-state index in [2.05, 4.69) is 49.9 Å². The number of alkyl halides is 1. The number of hydrogen-bond acceptors (Lipinski definition) is 5. The third kappa shape index (κ3) is 6.85. The van der Waals surface area contributed by atoms with Gasteiger partial charge < -0.3 is 19.3 Å². The standard InChI is InChI=1S/C26H36ClNO4/c1-20-17-22(7-10-25(20)31-14-4-11-27)26(2,3)21-5-8-24(9-6-21)32-19-23(29)18-28-12-15-30-16-13-28/h5-10,17,23,29H,4,11-16,18-19H2,1-3H3/t23-/m1/s1. The maximum Gasteiger partial charge on any atom is 0.122 e. The summed E-state index contributed by atoms with van der Waals surface area (Å²) in [6.07, 6.45) is 0.324. The molecule has 1 aliphatic heterocycles. The molecule has 0 aromatic heterocycles. The number of benzene rings is 2. The number of rotatable bonds is 11. The predicted octanol–water partition coefficient (Wildman–Crippen LogP) is 4.40. The van der Waals surface area contributed by atoms with Crippen molar-refractivity contribution in [1.82, 2.24) is 4.90 Å². The number of ether oxygens (including phenoxy) is 3. The second kappa shape index (κ2) is 11.9. The minimum atomic E-state index is -0.516. The van der Waals surface area contributed by atoms with E-state index in [-0.39, 0.29) is 12.0 Å². The first-order chi connectivity index (χ1) is 15.4. The van der Waals surface area contributed by atoms with Gasteiger partial charge >= 0.3 is 0 Å². The van der Waals surface area contributed by atoms with Crippen molar-refractivity contribution in [3.8, 4) is 11.5 Å². The fourth-order valence-corrected chi connectivity index (χ4v) is 4.01. The summed E-state index contributed by atoms with van der Waals surface area (Å²) >= 11 is 5.74. The van der Waals surface area contributed by atoms with Gasteiger partial charge in [-0.3, -0.25) is 4.90 Å². The SMILES string of the molecule is Cc1cc(C(C)(C)c2ccc(OC[C@H](O)CN3CCOCC3)cc2)ccc1OCCCCl. The molecule has 1 aliphatic rings. The van der Waals surface area contributed by atoms with Crippen LogP contribution in [0.4, 0.5) is 0 Å². The van der Waals surface area contributed by atoms with Crippen LogP contribution >= 0.6 is 11.6 Å². The second-order valence-corrected chi connectivity index (χ2v) is 9.28. The van der Waals surface area contributed by atoms with Crippen molar-refractivity contribution in [1.29, 1.82) is 0 Å². The molecule has 1 fully saturated rings. The molecule has 5 nitrogen and oxygen atoms in total. The van der Waals surface area contributed by atoms with Gasteiger partial charge in [0.2, 0.25) is 0 Å². The summed E-state index contributed by atoms with van der Waals surface area (Å²) in [6.45, 7) is 11.2. The van der Waals surface area contributed by atoms with Gasteiger partial charge in [0, 0.05) is 30.9 Å². The number of β-amino-alcohol motifs (C(OH)–C–C–N with tert-alkyl or cyclic N) is 1. The van der Waals surface area contributed by atoms with E-state index in [0.717, 1.165) is 49.8 Å². The zero-order valence-corrected chi connectivity index (χ0v) is 20.2. The fraction of sp³-hybridized carbons (Fsp3) is 0.538. The van der Waals surface area contributed by atoms with Crippen LogP contribution in [0.1, 0.15) is 37.0 Å². The number of halogens is 1. The zero-order valence-electron chi connectivity index (χ0n) is 19.5. The predicted molar refractivity (Wildman–Crippen MR) is 129 cm³/mol. The Morgan fingerprint density at radius 2 is 1.75 bits per heavy atom. The summed E-state index contributed by atoms with van der Waals surface area (Å²) in [5.41, 5.74) is 3.40. The largest absolute Gasteiger partial charge is 0.493 e. The Kier molecular flexibility index (Phi) is 9.23. The summed E-state index contributed by atoms with van der Waals surface area (Å²) in [5, 5.41) is 10.3. The molecule has 2 aromatic carbocycles. The van der Waals surface area contributed by atoms with E-state index >= 15 is 0 Å². The highest BCUT2D eigenvalue weighted by molar-refractivity contribution is 6.17. The Hall–Kier alpha value is -1.79. The van der Waals surface area contributed by atoms with E-state index in [4.69, 9.17) is 25.8 Å². The van der Waals surface area contributed by atoms with Crippen LogP contribution in [-0.4, -0.2) is 68.1 Å². The maximum atomic E-state index is 10.3. The number of nitrogens with zero attached hydrogens (tertiary/aromatic N) is 1. The van der Waals surface area contributed by atoms with E-state index in [1.807, 2.05) is 18.2 Å². The van der Waals surface area contributed by atoms with Crippen molar-refractivity contribution < 1.29 is 19.3 Å². The van der Waals surface area contributed by atoms with Crippen molar-refractivity contribution in [3.63, 3.8) is 0 Å². The van der Waals surface area contributed by atoms with Crippen LogP contribution in [0, 0.1) is 6.92 Å². The smallest absolute Gasteiger partial charge is 0.122 e. The topological polar surface area (TPSA) is 51.2 Å². The Morgan fingerprint density at radius 3 is 2.41 bits per heavy atom. The lowest BCUT2D eigenvalue weighted by Gasteiger charge is -2.28. The Bertz CT molecular complexity index is 834. The van der Waals surface area contributed by atoms with Gasteiger partial charge in [-0.25, -0.2) is 0 Å². The summed E-state index contributed by atoms with van der Waals surface area (Å²) in [6, 6.07) is 14.5. The summed E-state index contributed by atoms with van der Waals surface area (Å²) in [4.78, 5) is 2.21. The molecule has 176 valence electrons. The molecule has 0 bridgehead atoms. The average Bonchev–Trinajstić information content (AvgIpc) is 2.80. The van der Waals surface area contributed by atoms with E-state index < -0.39 is 6.10 Å².